The van der Waals surface area contributed by atoms with Crippen LogP contribution in [0.25, 0.3) is 0 Å². The highest BCUT2D eigenvalue weighted by atomic mass is 31.2. The van der Waals surface area contributed by atoms with Gasteiger partial charge in [0.15, 0.2) is 12.2 Å². The molecule has 3 N–H and O–H groups in total. The Morgan fingerprint density at radius 3 is 0.738 bits per heavy atom. The predicted molar refractivity (Wildman–Crippen MR) is 423 cm³/mol. The molecule has 0 radical (unpaired) electrons. The van der Waals surface area contributed by atoms with Crippen molar-refractivity contribution in [3.8, 4) is 0 Å². The summed E-state index contributed by atoms with van der Waals surface area (Å²) in [5, 5.41) is 10.6. The minimum absolute atomic E-state index is 0.106. The number of hydrogen-bond donors (Lipinski definition) is 3. The van der Waals surface area contributed by atoms with E-state index in [1.165, 1.54) is 257 Å². The zero-order valence-electron chi connectivity index (χ0n) is 67.6. The van der Waals surface area contributed by atoms with Crippen LogP contribution < -0.4 is 0 Å². The van der Waals surface area contributed by atoms with Crippen molar-refractivity contribution in [3.63, 3.8) is 0 Å². The molecule has 17 nitrogen and oxygen atoms in total. The van der Waals surface area contributed by atoms with E-state index in [-0.39, 0.29) is 25.7 Å². The van der Waals surface area contributed by atoms with E-state index in [1.54, 1.807) is 0 Å². The molecular weight excluding hydrogens is 1340 g/mol. The molecule has 0 bridgehead atoms. The van der Waals surface area contributed by atoms with Crippen LogP contribution in [0.3, 0.4) is 0 Å². The standard InChI is InChI=1S/C84H164O17P2/c1-7-10-12-14-16-18-19-20-21-22-23-24-28-31-34-37-43-49-55-61-67-82(87)95-73-80(101-83(88)68-62-56-50-44-38-35-32-29-26-25-27-30-33-36-42-47-53-59-65-77(6)9-3)75-99-103(92,93)97-71-78(85)70-96-102(90,91)98-74-79(72-94-81(86)66-60-54-48-17-15-13-11-8-2)100-84(89)69-63-57-51-45-40-39-41-46-52-58-64-76(4)5/h76-80,85H,7-75H2,1-6H3,(H,90,91)(H,92,93)/t77?,78-,79+,80+/m0/s1. The number of hydrogen-bond acceptors (Lipinski definition) is 15. The fraction of sp³-hybridized carbons (Fsp3) is 0.952. The first-order chi connectivity index (χ1) is 49.9. The third kappa shape index (κ3) is 76.6. The maximum absolute atomic E-state index is 13.1. The summed E-state index contributed by atoms with van der Waals surface area (Å²) in [5.41, 5.74) is 0. The van der Waals surface area contributed by atoms with Crippen molar-refractivity contribution in [2.45, 2.75) is 464 Å². The number of carbonyl (C=O) groups excluding carboxylic acids is 4. The van der Waals surface area contributed by atoms with Gasteiger partial charge in [0, 0.05) is 25.7 Å². The van der Waals surface area contributed by atoms with Crippen LogP contribution >= 0.6 is 15.6 Å². The summed E-state index contributed by atoms with van der Waals surface area (Å²) in [4.78, 5) is 73.0. The van der Waals surface area contributed by atoms with Gasteiger partial charge in [0.25, 0.3) is 0 Å². The SMILES string of the molecule is CCCCCCCCCCCCCCCCCCCCCCC(=O)OC[C@H](COP(=O)(O)OC[C@@H](O)COP(=O)(O)OC[C@@H](COC(=O)CCCCCCCCCC)OC(=O)CCCCCCCCCCCCC(C)C)OC(=O)CCCCCCCCCCCCCCCCCCCCC(C)CC. The van der Waals surface area contributed by atoms with Gasteiger partial charge in [-0.15, -0.1) is 0 Å². The molecule has 0 saturated carbocycles. The van der Waals surface area contributed by atoms with Crippen molar-refractivity contribution < 1.29 is 80.2 Å². The second-order valence-electron chi connectivity index (χ2n) is 30.9. The van der Waals surface area contributed by atoms with Gasteiger partial charge in [-0.25, -0.2) is 9.13 Å². The summed E-state index contributed by atoms with van der Waals surface area (Å²) in [7, 11) is -9.92. The molecule has 0 aromatic heterocycles. The average molecular weight is 1510 g/mol. The molecule has 0 aromatic rings. The lowest BCUT2D eigenvalue weighted by Crippen LogP contribution is -2.30. The van der Waals surface area contributed by atoms with Crippen molar-refractivity contribution in [2.75, 3.05) is 39.6 Å². The van der Waals surface area contributed by atoms with Crippen molar-refractivity contribution in [1.29, 1.82) is 0 Å². The van der Waals surface area contributed by atoms with Gasteiger partial charge in [0.2, 0.25) is 0 Å². The van der Waals surface area contributed by atoms with Crippen LogP contribution in [-0.4, -0.2) is 96.7 Å². The summed E-state index contributed by atoms with van der Waals surface area (Å²) in [6, 6.07) is 0. The Bertz CT molecular complexity index is 1980. The van der Waals surface area contributed by atoms with E-state index in [0.717, 1.165) is 108 Å². The molecule has 612 valence electrons. The minimum atomic E-state index is -4.96. The van der Waals surface area contributed by atoms with Crippen LogP contribution in [0.15, 0.2) is 0 Å². The monoisotopic (exact) mass is 1510 g/mol. The van der Waals surface area contributed by atoms with Crippen molar-refractivity contribution in [2.24, 2.45) is 11.8 Å². The van der Waals surface area contributed by atoms with E-state index in [1.807, 2.05) is 0 Å². The summed E-state index contributed by atoms with van der Waals surface area (Å²) in [6.07, 6.45) is 66.8. The Morgan fingerprint density at radius 2 is 0.495 bits per heavy atom. The number of ether oxygens (including phenoxy) is 4. The van der Waals surface area contributed by atoms with Crippen molar-refractivity contribution >= 4 is 39.5 Å². The van der Waals surface area contributed by atoms with Crippen molar-refractivity contribution in [1.82, 2.24) is 0 Å². The highest BCUT2D eigenvalue weighted by molar-refractivity contribution is 7.47. The number of rotatable bonds is 83. The first kappa shape index (κ1) is 101. The molecule has 0 aliphatic heterocycles. The highest BCUT2D eigenvalue weighted by Gasteiger charge is 2.30. The van der Waals surface area contributed by atoms with Crippen molar-refractivity contribution in [3.05, 3.63) is 0 Å². The maximum Gasteiger partial charge on any atom is 0.472 e. The predicted octanol–water partition coefficient (Wildman–Crippen LogP) is 25.5. The number of esters is 4. The highest BCUT2D eigenvalue weighted by Crippen LogP contribution is 2.45. The Balaban J connectivity index is 5.17. The number of unbranched alkanes of at least 4 members (excludes halogenated alkanes) is 52. The minimum Gasteiger partial charge on any atom is -0.462 e. The Labute approximate surface area is 632 Å². The topological polar surface area (TPSA) is 237 Å². The van der Waals surface area contributed by atoms with E-state index in [9.17, 15) is 43.2 Å². The molecule has 0 spiro atoms. The third-order valence-corrected chi connectivity index (χ3v) is 22.0. The van der Waals surface area contributed by atoms with E-state index >= 15 is 0 Å². The van der Waals surface area contributed by atoms with Gasteiger partial charge in [-0.1, -0.05) is 395 Å². The van der Waals surface area contributed by atoms with Gasteiger partial charge in [0.1, 0.15) is 19.3 Å². The van der Waals surface area contributed by atoms with E-state index in [4.69, 9.17) is 37.0 Å². The lowest BCUT2D eigenvalue weighted by atomic mass is 9.99. The Morgan fingerprint density at radius 1 is 0.282 bits per heavy atom. The van der Waals surface area contributed by atoms with Crippen LogP contribution in [0.2, 0.25) is 0 Å². The summed E-state index contributed by atoms with van der Waals surface area (Å²) >= 11 is 0. The number of aliphatic hydroxyl groups excluding tert-OH is 1. The lowest BCUT2D eigenvalue weighted by molar-refractivity contribution is -0.161. The smallest absolute Gasteiger partial charge is 0.462 e. The zero-order chi connectivity index (χ0) is 75.6. The Kier molecular flexibility index (Phi) is 74.1. The summed E-state index contributed by atoms with van der Waals surface area (Å²) < 4.78 is 68.7. The first-order valence-corrected chi connectivity index (χ1v) is 46.5. The molecule has 0 heterocycles. The summed E-state index contributed by atoms with van der Waals surface area (Å²) in [6.45, 7) is 9.68. The molecule has 19 heteroatoms. The number of aliphatic hydroxyl groups is 1. The maximum atomic E-state index is 13.1. The van der Waals surface area contributed by atoms with Gasteiger partial charge in [-0.05, 0) is 37.5 Å². The van der Waals surface area contributed by atoms with E-state index < -0.39 is 97.5 Å². The fourth-order valence-electron chi connectivity index (χ4n) is 13.0. The second kappa shape index (κ2) is 75.5. The molecule has 6 atom stereocenters. The van der Waals surface area contributed by atoms with Gasteiger partial charge in [-0.2, -0.15) is 0 Å². The molecule has 0 aliphatic carbocycles. The third-order valence-electron chi connectivity index (χ3n) is 20.1. The van der Waals surface area contributed by atoms with Gasteiger partial charge in [-0.3, -0.25) is 37.3 Å². The largest absolute Gasteiger partial charge is 0.472 e. The van der Waals surface area contributed by atoms with Crippen LogP contribution in [0.4, 0.5) is 0 Å². The zero-order valence-corrected chi connectivity index (χ0v) is 69.4. The van der Waals surface area contributed by atoms with Gasteiger partial charge < -0.3 is 33.8 Å². The second-order valence-corrected chi connectivity index (χ2v) is 33.8. The van der Waals surface area contributed by atoms with Crippen LogP contribution in [0.1, 0.15) is 446 Å². The molecular formula is C84H164O17P2. The molecule has 0 saturated heterocycles. The van der Waals surface area contributed by atoms with Crippen LogP contribution in [-0.2, 0) is 65.4 Å². The molecule has 3 unspecified atom stereocenters. The molecule has 0 aromatic carbocycles. The first-order valence-electron chi connectivity index (χ1n) is 43.5. The fourth-order valence-corrected chi connectivity index (χ4v) is 14.6. The quantitative estimate of drug-likeness (QED) is 0.0222. The van der Waals surface area contributed by atoms with Crippen LogP contribution in [0.5, 0.6) is 0 Å². The van der Waals surface area contributed by atoms with Crippen LogP contribution in [0, 0.1) is 11.8 Å². The van der Waals surface area contributed by atoms with Gasteiger partial charge in [0.05, 0.1) is 26.4 Å². The molecule has 0 fully saturated rings. The molecule has 0 amide bonds. The number of phosphoric ester groups is 2. The van der Waals surface area contributed by atoms with E-state index in [0.29, 0.717) is 25.7 Å². The number of carbonyl (C=O) groups is 4. The van der Waals surface area contributed by atoms with Gasteiger partial charge >= 0.3 is 39.5 Å². The number of phosphoric acid groups is 2. The molecule has 0 rings (SSSR count). The normalized spacial score (nSPS) is 14.1. The Hall–Kier alpha value is -1.94. The molecule has 103 heavy (non-hydrogen) atoms. The average Bonchev–Trinajstić information content (AvgIpc) is 1.56. The lowest BCUT2D eigenvalue weighted by Gasteiger charge is -2.21. The summed E-state index contributed by atoms with van der Waals surface area (Å²) in [5.74, 6) is -0.486. The molecule has 0 aliphatic rings. The van der Waals surface area contributed by atoms with E-state index in [2.05, 4.69) is 41.5 Å².